The van der Waals surface area contributed by atoms with Crippen LogP contribution in [-0.4, -0.2) is 37.3 Å². The van der Waals surface area contributed by atoms with Gasteiger partial charge in [-0.15, -0.1) is 21.5 Å². The van der Waals surface area contributed by atoms with Crippen molar-refractivity contribution in [2.45, 2.75) is 75.9 Å². The minimum atomic E-state index is 0.0913. The van der Waals surface area contributed by atoms with Crippen LogP contribution in [0, 0.1) is 0 Å². The van der Waals surface area contributed by atoms with E-state index in [1.54, 1.807) is 0 Å². The molecule has 1 amide bonds. The molecule has 8 heteroatoms. The van der Waals surface area contributed by atoms with Crippen LogP contribution in [0.4, 0.5) is 0 Å². The summed E-state index contributed by atoms with van der Waals surface area (Å²) in [6.45, 7) is 2.11. The van der Waals surface area contributed by atoms with Crippen LogP contribution in [0.15, 0.2) is 5.16 Å². The van der Waals surface area contributed by atoms with E-state index < -0.39 is 0 Å². The van der Waals surface area contributed by atoms with Crippen LogP contribution in [0.3, 0.4) is 0 Å². The van der Waals surface area contributed by atoms with Crippen LogP contribution in [0.2, 0.25) is 0 Å². The second-order valence-electron chi connectivity index (χ2n) is 7.75. The van der Waals surface area contributed by atoms with Gasteiger partial charge in [0.05, 0.1) is 11.1 Å². The highest BCUT2D eigenvalue weighted by atomic mass is 32.2. The normalized spacial score (nSPS) is 17.5. The Morgan fingerprint density at radius 1 is 1.21 bits per heavy atom. The Morgan fingerprint density at radius 2 is 2.04 bits per heavy atom. The van der Waals surface area contributed by atoms with Gasteiger partial charge in [-0.25, -0.2) is 4.98 Å². The molecule has 0 radical (unpaired) electrons. The van der Waals surface area contributed by atoms with Crippen molar-refractivity contribution in [1.29, 1.82) is 0 Å². The number of amides is 1. The molecule has 28 heavy (non-hydrogen) atoms. The Labute approximate surface area is 172 Å². The summed E-state index contributed by atoms with van der Waals surface area (Å²) in [5.74, 6) is 1.44. The van der Waals surface area contributed by atoms with E-state index in [4.69, 9.17) is 4.98 Å². The van der Waals surface area contributed by atoms with Crippen molar-refractivity contribution in [3.05, 3.63) is 16.3 Å². The maximum absolute atomic E-state index is 12.3. The molecule has 1 N–H and O–H groups in total. The van der Waals surface area contributed by atoms with Gasteiger partial charge in [-0.3, -0.25) is 9.20 Å². The molecule has 2 aliphatic carbocycles. The number of carbonyl (C=O) groups is 1. The quantitative estimate of drug-likeness (QED) is 0.639. The summed E-state index contributed by atoms with van der Waals surface area (Å²) in [7, 11) is 0. The number of fused-ring (bicyclic) bond motifs is 5. The fourth-order valence-electron chi connectivity index (χ4n) is 4.49. The smallest absolute Gasteiger partial charge is 0.230 e. The molecule has 0 spiro atoms. The highest BCUT2D eigenvalue weighted by Crippen LogP contribution is 2.38. The lowest BCUT2D eigenvalue weighted by Gasteiger charge is -2.12. The molecule has 1 saturated carbocycles. The third kappa shape index (κ3) is 3.20. The SMILES string of the molecule is CCc1nc2sc3c(c2c2nnc(SCC(=O)NC4CCCC4)n12)CCCC3. The highest BCUT2D eigenvalue weighted by Gasteiger charge is 2.24. The molecule has 3 heterocycles. The number of nitrogens with zero attached hydrogens (tertiary/aromatic N) is 4. The van der Waals surface area contributed by atoms with E-state index in [9.17, 15) is 4.79 Å². The Bertz CT molecular complexity index is 1030. The van der Waals surface area contributed by atoms with Crippen LogP contribution in [0.5, 0.6) is 0 Å². The predicted octanol–water partition coefficient (Wildman–Crippen LogP) is 3.93. The number of carbonyl (C=O) groups excluding carboxylic acids is 1. The van der Waals surface area contributed by atoms with E-state index >= 15 is 0 Å². The number of hydrogen-bond donors (Lipinski definition) is 1. The Balaban J connectivity index is 1.47. The molecule has 0 atom stereocenters. The molecule has 1 fully saturated rings. The lowest BCUT2D eigenvalue weighted by atomic mass is 9.97. The third-order valence-corrected chi connectivity index (χ3v) is 7.98. The fraction of sp³-hybridized carbons (Fsp3) is 0.600. The zero-order chi connectivity index (χ0) is 19.1. The maximum Gasteiger partial charge on any atom is 0.230 e. The zero-order valence-electron chi connectivity index (χ0n) is 16.2. The van der Waals surface area contributed by atoms with Crippen molar-refractivity contribution in [2.24, 2.45) is 0 Å². The molecule has 0 aromatic carbocycles. The van der Waals surface area contributed by atoms with Crippen molar-refractivity contribution < 1.29 is 4.79 Å². The molecule has 6 nitrogen and oxygen atoms in total. The molecule has 0 unspecified atom stereocenters. The van der Waals surface area contributed by atoms with Crippen LogP contribution in [0.1, 0.15) is 61.7 Å². The first kappa shape index (κ1) is 18.4. The van der Waals surface area contributed by atoms with Crippen LogP contribution in [-0.2, 0) is 24.1 Å². The van der Waals surface area contributed by atoms with E-state index in [1.807, 2.05) is 11.3 Å². The average Bonchev–Trinajstić information content (AvgIpc) is 3.43. The molecule has 5 rings (SSSR count). The highest BCUT2D eigenvalue weighted by molar-refractivity contribution is 7.99. The molecular weight excluding hydrogens is 390 g/mol. The van der Waals surface area contributed by atoms with Gasteiger partial charge in [0, 0.05) is 17.3 Å². The van der Waals surface area contributed by atoms with Crippen LogP contribution >= 0.6 is 23.1 Å². The summed E-state index contributed by atoms with van der Waals surface area (Å²) in [4.78, 5) is 19.9. The molecule has 3 aromatic heterocycles. The molecule has 0 bridgehead atoms. The molecule has 2 aliphatic rings. The topological polar surface area (TPSA) is 72.2 Å². The van der Waals surface area contributed by atoms with Crippen LogP contribution < -0.4 is 5.32 Å². The van der Waals surface area contributed by atoms with Gasteiger partial charge in [0.15, 0.2) is 10.8 Å². The van der Waals surface area contributed by atoms with Gasteiger partial charge in [0.25, 0.3) is 0 Å². The number of rotatable bonds is 5. The van der Waals surface area contributed by atoms with E-state index in [-0.39, 0.29) is 5.91 Å². The first-order valence-corrected chi connectivity index (χ1v) is 12.1. The first-order valence-electron chi connectivity index (χ1n) is 10.3. The van der Waals surface area contributed by atoms with E-state index in [2.05, 4.69) is 26.8 Å². The number of aromatic nitrogens is 4. The summed E-state index contributed by atoms with van der Waals surface area (Å²) in [6, 6.07) is 0.355. The molecule has 3 aromatic rings. The fourth-order valence-corrected chi connectivity index (χ4v) is 6.53. The number of thioether (sulfide) groups is 1. The monoisotopic (exact) mass is 415 g/mol. The van der Waals surface area contributed by atoms with Crippen molar-refractivity contribution in [1.82, 2.24) is 24.9 Å². The lowest BCUT2D eigenvalue weighted by molar-refractivity contribution is -0.119. The van der Waals surface area contributed by atoms with Gasteiger partial charge in [-0.2, -0.15) is 0 Å². The summed E-state index contributed by atoms with van der Waals surface area (Å²) >= 11 is 3.29. The first-order chi connectivity index (χ1) is 13.7. The third-order valence-electron chi connectivity index (χ3n) is 5.87. The largest absolute Gasteiger partial charge is 0.353 e. The van der Waals surface area contributed by atoms with E-state index in [1.165, 1.54) is 53.3 Å². The number of nitrogens with one attached hydrogen (secondary N) is 1. The van der Waals surface area contributed by atoms with E-state index in [0.717, 1.165) is 53.6 Å². The van der Waals surface area contributed by atoms with Crippen molar-refractivity contribution in [2.75, 3.05) is 5.75 Å². The van der Waals surface area contributed by atoms with Crippen molar-refractivity contribution in [3.63, 3.8) is 0 Å². The number of aryl methyl sites for hydroxylation is 3. The minimum Gasteiger partial charge on any atom is -0.353 e. The Morgan fingerprint density at radius 3 is 2.86 bits per heavy atom. The number of thiophene rings is 1. The van der Waals surface area contributed by atoms with Gasteiger partial charge in [0.1, 0.15) is 10.7 Å². The summed E-state index contributed by atoms with van der Waals surface area (Å²) < 4.78 is 2.08. The zero-order valence-corrected chi connectivity index (χ0v) is 17.8. The lowest BCUT2D eigenvalue weighted by Crippen LogP contribution is -2.33. The van der Waals surface area contributed by atoms with Gasteiger partial charge in [-0.05, 0) is 44.1 Å². The second kappa shape index (κ2) is 7.63. The molecule has 148 valence electrons. The second-order valence-corrected chi connectivity index (χ2v) is 9.78. The Hall–Kier alpha value is -1.67. The summed E-state index contributed by atoms with van der Waals surface area (Å²) in [6.07, 6.45) is 10.2. The summed E-state index contributed by atoms with van der Waals surface area (Å²) in [5, 5.41) is 14.1. The molecule has 0 aliphatic heterocycles. The number of hydrogen-bond acceptors (Lipinski definition) is 6. The van der Waals surface area contributed by atoms with Gasteiger partial charge in [-0.1, -0.05) is 31.5 Å². The standard InChI is InChI=1S/C20H25N5OS2/c1-2-15-22-19-17(13-9-5-6-10-14(13)28-19)18-23-24-20(25(15)18)27-11-16(26)21-12-7-3-4-8-12/h12H,2-11H2,1H3,(H,21,26). The van der Waals surface area contributed by atoms with Gasteiger partial charge < -0.3 is 5.32 Å². The van der Waals surface area contributed by atoms with E-state index in [0.29, 0.717) is 11.8 Å². The average molecular weight is 416 g/mol. The predicted molar refractivity (Wildman–Crippen MR) is 113 cm³/mol. The van der Waals surface area contributed by atoms with Gasteiger partial charge in [0.2, 0.25) is 5.91 Å². The molecular formula is C20H25N5OS2. The summed E-state index contributed by atoms with van der Waals surface area (Å²) in [5.41, 5.74) is 2.34. The molecule has 0 saturated heterocycles. The van der Waals surface area contributed by atoms with Crippen molar-refractivity contribution >= 4 is 44.9 Å². The van der Waals surface area contributed by atoms with Crippen molar-refractivity contribution in [3.8, 4) is 0 Å². The Kier molecular flexibility index (Phi) is 5.00. The van der Waals surface area contributed by atoms with Gasteiger partial charge >= 0.3 is 0 Å². The minimum absolute atomic E-state index is 0.0913. The maximum atomic E-state index is 12.3. The van der Waals surface area contributed by atoms with Crippen LogP contribution in [0.25, 0.3) is 15.9 Å².